The number of nitrogens with one attached hydrogen (secondary N) is 1. The summed E-state index contributed by atoms with van der Waals surface area (Å²) in [7, 11) is 0. The van der Waals surface area contributed by atoms with E-state index in [1.807, 2.05) is 4.90 Å². The second-order valence-electron chi connectivity index (χ2n) is 5.15. The first kappa shape index (κ1) is 14.0. The summed E-state index contributed by atoms with van der Waals surface area (Å²) >= 11 is 0. The van der Waals surface area contributed by atoms with E-state index in [0.717, 1.165) is 25.9 Å². The van der Waals surface area contributed by atoms with Crippen molar-refractivity contribution in [2.24, 2.45) is 0 Å². The van der Waals surface area contributed by atoms with Crippen LogP contribution in [-0.2, 0) is 14.4 Å². The maximum absolute atomic E-state index is 12.1. The van der Waals surface area contributed by atoms with Gasteiger partial charge in [0.05, 0.1) is 18.5 Å². The van der Waals surface area contributed by atoms with Gasteiger partial charge in [0, 0.05) is 19.6 Å². The van der Waals surface area contributed by atoms with Gasteiger partial charge in [0.1, 0.15) is 0 Å². The fraction of sp³-hybridized carbons (Fsp3) is 0.769. The molecule has 0 aromatic heterocycles. The van der Waals surface area contributed by atoms with Crippen molar-refractivity contribution in [2.45, 2.75) is 45.2 Å². The summed E-state index contributed by atoms with van der Waals surface area (Å²) in [5.74, 6) is -0.355. The number of carbonyl (C=O) groups is 3. The van der Waals surface area contributed by atoms with Crippen LogP contribution in [0.1, 0.15) is 33.1 Å². The zero-order valence-electron chi connectivity index (χ0n) is 11.5. The molecule has 2 unspecified atom stereocenters. The molecule has 106 valence electrons. The van der Waals surface area contributed by atoms with E-state index >= 15 is 0 Å². The predicted octanol–water partition coefficient (Wildman–Crippen LogP) is -0.266. The second-order valence-corrected chi connectivity index (χ2v) is 5.15. The quantitative estimate of drug-likeness (QED) is 0.712. The predicted molar refractivity (Wildman–Crippen MR) is 69.2 cm³/mol. The maximum Gasteiger partial charge on any atom is 0.246 e. The fourth-order valence-corrected chi connectivity index (χ4v) is 2.73. The molecule has 6 heteroatoms. The molecule has 2 saturated heterocycles. The summed E-state index contributed by atoms with van der Waals surface area (Å²) in [6.07, 6.45) is 2.25. The van der Waals surface area contributed by atoms with Crippen molar-refractivity contribution in [3.8, 4) is 0 Å². The normalized spacial score (nSPS) is 25.3. The molecular formula is C13H21N3O3. The average molecular weight is 267 g/mol. The molecule has 0 saturated carbocycles. The van der Waals surface area contributed by atoms with Gasteiger partial charge in [0.25, 0.3) is 0 Å². The van der Waals surface area contributed by atoms with Crippen molar-refractivity contribution in [1.29, 1.82) is 0 Å². The number of hydrogen-bond donors (Lipinski definition) is 1. The third-order valence-corrected chi connectivity index (χ3v) is 3.80. The average Bonchev–Trinajstić information content (AvgIpc) is 2.98. The molecular weight excluding hydrogens is 246 g/mol. The highest BCUT2D eigenvalue weighted by atomic mass is 16.2. The Balaban J connectivity index is 1.92. The first-order chi connectivity index (χ1) is 9.04. The van der Waals surface area contributed by atoms with E-state index < -0.39 is 12.1 Å². The summed E-state index contributed by atoms with van der Waals surface area (Å²) in [5, 5.41) is 3.00. The van der Waals surface area contributed by atoms with E-state index in [4.69, 9.17) is 0 Å². The lowest BCUT2D eigenvalue weighted by Crippen LogP contribution is -2.50. The van der Waals surface area contributed by atoms with E-state index in [9.17, 15) is 14.4 Å². The minimum atomic E-state index is -0.547. The van der Waals surface area contributed by atoms with Crippen LogP contribution in [0.15, 0.2) is 0 Å². The van der Waals surface area contributed by atoms with Gasteiger partial charge in [-0.15, -0.1) is 0 Å². The Morgan fingerprint density at radius 2 is 2.00 bits per heavy atom. The Labute approximate surface area is 113 Å². The van der Waals surface area contributed by atoms with E-state index in [1.165, 1.54) is 4.90 Å². The third kappa shape index (κ3) is 2.78. The zero-order valence-corrected chi connectivity index (χ0v) is 11.5. The van der Waals surface area contributed by atoms with E-state index in [-0.39, 0.29) is 24.1 Å². The van der Waals surface area contributed by atoms with Crippen molar-refractivity contribution in [3.63, 3.8) is 0 Å². The van der Waals surface area contributed by atoms with E-state index in [2.05, 4.69) is 5.32 Å². The number of rotatable bonds is 4. The van der Waals surface area contributed by atoms with Crippen LogP contribution in [0, 0.1) is 0 Å². The van der Waals surface area contributed by atoms with E-state index in [1.54, 1.807) is 13.8 Å². The van der Waals surface area contributed by atoms with Crippen LogP contribution in [-0.4, -0.2) is 59.2 Å². The van der Waals surface area contributed by atoms with Crippen molar-refractivity contribution in [1.82, 2.24) is 15.1 Å². The minimum absolute atomic E-state index is 0.0210. The molecule has 0 bridgehead atoms. The highest BCUT2D eigenvalue weighted by molar-refractivity contribution is 6.05. The Bertz CT molecular complexity index is 391. The molecule has 0 aliphatic carbocycles. The first-order valence-corrected chi connectivity index (χ1v) is 6.93. The van der Waals surface area contributed by atoms with Crippen molar-refractivity contribution in [2.75, 3.05) is 19.6 Å². The van der Waals surface area contributed by atoms with Gasteiger partial charge in [-0.25, -0.2) is 0 Å². The van der Waals surface area contributed by atoms with Gasteiger partial charge in [-0.2, -0.15) is 0 Å². The first-order valence-electron chi connectivity index (χ1n) is 6.93. The van der Waals surface area contributed by atoms with Crippen LogP contribution in [0.5, 0.6) is 0 Å². The summed E-state index contributed by atoms with van der Waals surface area (Å²) in [5.41, 5.74) is 0. The molecule has 0 spiro atoms. The van der Waals surface area contributed by atoms with Crippen molar-refractivity contribution < 1.29 is 14.4 Å². The SMILES string of the molecule is CCN1C(=O)CC(NC(C)C(=O)N2CCCC2)C1=O. The van der Waals surface area contributed by atoms with Gasteiger partial charge >= 0.3 is 0 Å². The third-order valence-electron chi connectivity index (χ3n) is 3.80. The number of hydrogen-bond acceptors (Lipinski definition) is 4. The number of carbonyl (C=O) groups excluding carboxylic acids is 3. The van der Waals surface area contributed by atoms with Gasteiger partial charge in [-0.1, -0.05) is 0 Å². The van der Waals surface area contributed by atoms with Gasteiger partial charge in [0.2, 0.25) is 17.7 Å². The molecule has 0 radical (unpaired) electrons. The van der Waals surface area contributed by atoms with Crippen molar-refractivity contribution >= 4 is 17.7 Å². The largest absolute Gasteiger partial charge is 0.341 e. The molecule has 3 amide bonds. The molecule has 2 aliphatic heterocycles. The standard InChI is InChI=1S/C13H21N3O3/c1-3-16-11(17)8-10(13(16)19)14-9(2)12(18)15-6-4-5-7-15/h9-10,14H,3-8H2,1-2H3. The summed E-state index contributed by atoms with van der Waals surface area (Å²) in [6.45, 7) is 5.52. The van der Waals surface area contributed by atoms with Crippen LogP contribution < -0.4 is 5.32 Å². The molecule has 2 rings (SSSR count). The van der Waals surface area contributed by atoms with Crippen LogP contribution in [0.4, 0.5) is 0 Å². The smallest absolute Gasteiger partial charge is 0.246 e. The lowest BCUT2D eigenvalue weighted by atomic mass is 10.2. The maximum atomic E-state index is 12.1. The van der Waals surface area contributed by atoms with Gasteiger partial charge < -0.3 is 4.90 Å². The van der Waals surface area contributed by atoms with Crippen LogP contribution in [0.25, 0.3) is 0 Å². The van der Waals surface area contributed by atoms with Crippen LogP contribution in [0.2, 0.25) is 0 Å². The summed E-state index contributed by atoms with van der Waals surface area (Å²) in [6, 6.07) is -0.967. The van der Waals surface area contributed by atoms with Gasteiger partial charge in [0.15, 0.2) is 0 Å². The second kappa shape index (κ2) is 5.69. The molecule has 1 N–H and O–H groups in total. The number of likely N-dealkylation sites (N-methyl/N-ethyl adjacent to an activating group) is 1. The lowest BCUT2D eigenvalue weighted by molar-refractivity contribution is -0.138. The molecule has 6 nitrogen and oxygen atoms in total. The highest BCUT2D eigenvalue weighted by Gasteiger charge is 2.39. The number of imide groups is 1. The molecule has 2 fully saturated rings. The highest BCUT2D eigenvalue weighted by Crippen LogP contribution is 2.14. The van der Waals surface area contributed by atoms with Crippen LogP contribution in [0.3, 0.4) is 0 Å². The molecule has 0 aromatic carbocycles. The zero-order chi connectivity index (χ0) is 14.0. The molecule has 2 aliphatic rings. The topological polar surface area (TPSA) is 69.7 Å². The number of likely N-dealkylation sites (tertiary alicyclic amines) is 2. The summed E-state index contributed by atoms with van der Waals surface area (Å²) < 4.78 is 0. The Kier molecular flexibility index (Phi) is 4.19. The number of nitrogens with zero attached hydrogens (tertiary/aromatic N) is 2. The monoisotopic (exact) mass is 267 g/mol. The van der Waals surface area contributed by atoms with Gasteiger partial charge in [-0.3, -0.25) is 24.6 Å². The minimum Gasteiger partial charge on any atom is -0.341 e. The van der Waals surface area contributed by atoms with Gasteiger partial charge in [-0.05, 0) is 26.7 Å². The summed E-state index contributed by atoms with van der Waals surface area (Å²) in [4.78, 5) is 38.7. The Hall–Kier alpha value is -1.43. The Morgan fingerprint density at radius 1 is 1.37 bits per heavy atom. The molecule has 19 heavy (non-hydrogen) atoms. The Morgan fingerprint density at radius 3 is 2.53 bits per heavy atom. The fourth-order valence-electron chi connectivity index (χ4n) is 2.73. The molecule has 2 heterocycles. The van der Waals surface area contributed by atoms with Crippen molar-refractivity contribution in [3.05, 3.63) is 0 Å². The number of amides is 3. The molecule has 2 atom stereocenters. The van der Waals surface area contributed by atoms with Crippen LogP contribution >= 0.6 is 0 Å². The molecule has 0 aromatic rings. The lowest BCUT2D eigenvalue weighted by Gasteiger charge is -2.23. The van der Waals surface area contributed by atoms with E-state index in [0.29, 0.717) is 6.54 Å².